The summed E-state index contributed by atoms with van der Waals surface area (Å²) >= 11 is 0. The Bertz CT molecular complexity index is 6120. The third-order valence-corrected chi connectivity index (χ3v) is 23.5. The lowest BCUT2D eigenvalue weighted by atomic mass is 9.80. The molecule has 0 bridgehead atoms. The highest BCUT2D eigenvalue weighted by Crippen LogP contribution is 2.56. The van der Waals surface area contributed by atoms with Gasteiger partial charge in [-0.1, -0.05) is 109 Å². The van der Waals surface area contributed by atoms with Gasteiger partial charge in [0.05, 0.1) is 0 Å². The minimum atomic E-state index is -4.50. The maximum atomic E-state index is 14.1. The minimum Gasteiger partial charge on any atom is -0.508 e. The molecule has 4 aliphatic rings. The van der Waals surface area contributed by atoms with Gasteiger partial charge in [0.1, 0.15) is 25.3 Å². The maximum absolute atomic E-state index is 14.1. The van der Waals surface area contributed by atoms with E-state index in [4.69, 9.17) is 16.7 Å². The van der Waals surface area contributed by atoms with Crippen molar-refractivity contribution >= 4 is 40.5 Å². The number of aromatic hydroxyl groups is 8. The van der Waals surface area contributed by atoms with Crippen LogP contribution in [0.4, 0.5) is 43.9 Å². The molecule has 2 atom stereocenters. The Balaban J connectivity index is 0.000000129. The minimum absolute atomic E-state index is 0.00424. The predicted octanol–water partition coefficient (Wildman–Crippen LogP) is 13.8. The molecule has 0 amide bonds. The van der Waals surface area contributed by atoms with Crippen molar-refractivity contribution < 1.29 is 135 Å². The topological polar surface area (TPSA) is 335 Å². The van der Waals surface area contributed by atoms with Gasteiger partial charge in [0.15, 0.2) is 121 Å². The third kappa shape index (κ3) is 12.6. The zero-order valence-electron chi connectivity index (χ0n) is 54.8. The van der Waals surface area contributed by atoms with E-state index >= 15 is 0 Å². The Hall–Kier alpha value is -12.0. The van der Waals surface area contributed by atoms with E-state index in [1.807, 2.05) is 0 Å². The van der Waals surface area contributed by atoms with Crippen LogP contribution in [0.5, 0.6) is 46.0 Å². The molecule has 20 nitrogen and oxygen atoms in total. The summed E-state index contributed by atoms with van der Waals surface area (Å²) in [7, 11) is -17.2. The van der Waals surface area contributed by atoms with Crippen molar-refractivity contribution in [3.8, 4) is 46.0 Å². The Kier molecular flexibility index (Phi) is 19.1. The van der Waals surface area contributed by atoms with Crippen LogP contribution in [0.25, 0.3) is 0 Å². The van der Waals surface area contributed by atoms with E-state index < -0.39 is 172 Å². The quantitative estimate of drug-likeness (QED) is 0.0517. The Morgan fingerprint density at radius 2 is 0.400 bits per heavy atom. The van der Waals surface area contributed by atoms with E-state index in [9.17, 15) is 118 Å². The summed E-state index contributed by atoms with van der Waals surface area (Å²) in [6.07, 6.45) is 0. The first-order chi connectivity index (χ1) is 51.8. The summed E-state index contributed by atoms with van der Waals surface area (Å²) in [5, 5.41) is 75.7. The molecule has 8 N–H and O–H groups in total. The van der Waals surface area contributed by atoms with Gasteiger partial charge in [-0.3, -0.25) is 0 Å². The molecule has 4 heterocycles. The molecule has 16 rings (SSSR count). The molecule has 2 unspecified atom stereocenters. The monoisotopic (exact) mass is 1590 g/mol. The first-order valence-electron chi connectivity index (χ1n) is 31.4. The first-order valence-corrected chi connectivity index (χ1v) is 37.0. The molecule has 34 heteroatoms. The Morgan fingerprint density at radius 1 is 0.218 bits per heavy atom. The van der Waals surface area contributed by atoms with Gasteiger partial charge in [-0.25, -0.2) is 60.6 Å². The summed E-state index contributed by atoms with van der Waals surface area (Å²) in [5.41, 5.74) is -8.40. The van der Waals surface area contributed by atoms with Crippen molar-refractivity contribution in [1.82, 2.24) is 0 Å². The number of phenolic OH excluding ortho intramolecular Hbond substituents is 8. The SMILES string of the molecule is O=S1(=O)OC(c2cc([18F])c(O)c([18F])c2)(c2cc([18F])c(O)c([18F])c2)c2ccccc21.O=S1(=O)OC(c2ccc(O)c([18F])c2)(c2cc([18F])c(O)c([18F])c2)c2ccccc21.O=S1(=O)OC(c2ccc(O)c([18F])c2)(c2ccc(O)c([18F])c2)c2ccccc21.O=S1(=O)OC(c2ccc(O)cc2)(c2ccc(O)c([18F])c2)c2ccccc21. The van der Waals surface area contributed by atoms with Gasteiger partial charge < -0.3 is 40.9 Å². The fourth-order valence-corrected chi connectivity index (χ4v) is 18.8. The summed E-state index contributed by atoms with van der Waals surface area (Å²) in [6, 6.07) is 45.6. The second-order valence-corrected chi connectivity index (χ2v) is 30.5. The smallest absolute Gasteiger partial charge is 0.298 e. The molecular weight excluding hydrogens is 1540 g/mol. The largest absolute Gasteiger partial charge is 0.508 e. The third-order valence-electron chi connectivity index (χ3n) is 18.0. The van der Waals surface area contributed by atoms with E-state index in [0.29, 0.717) is 47.5 Å². The molecule has 110 heavy (non-hydrogen) atoms. The molecule has 0 fully saturated rings. The van der Waals surface area contributed by atoms with Gasteiger partial charge in [0.2, 0.25) is 0 Å². The van der Waals surface area contributed by atoms with E-state index in [2.05, 4.69) is 0 Å². The van der Waals surface area contributed by atoms with Gasteiger partial charge in [-0.15, -0.1) is 0 Å². The molecule has 0 saturated heterocycles. The van der Waals surface area contributed by atoms with Crippen LogP contribution in [0.15, 0.2) is 250 Å². The van der Waals surface area contributed by atoms with Gasteiger partial charge in [-0.2, -0.15) is 33.7 Å². The fourth-order valence-electron chi connectivity index (χ4n) is 13.1. The van der Waals surface area contributed by atoms with Crippen LogP contribution in [0.1, 0.15) is 66.8 Å². The standard InChI is InChI=1S/C19H10F4O5S.C19H11F3O5S.C19H12F2O5S.C19H13FO5S/c20-12-5-9(6-13(21)17(12)24)19(10-7-14(22)18(25)15(23)8-10)11-3-1-2-4-16(11)29(26,27)28-19;20-13-7-10(5-6-16(13)23)19(11-8-14(21)18(24)15(22)9-11)12-3-1-2-4-17(12)28(25,26)27-19;20-14-9-11(5-7-16(14)22)19(12-6-8-17(23)15(21)10-12)13-3-1-2-4-18(13)27(24,25)26-19;20-16-11-13(7-10-17(16)22)19(12-5-8-14(21)9-6-12)15-3-1-2-4-18(15)26(23,24)25-19/h1-8,24-25H;1-9,23-24H;1-10,22-23H;1-11,21-22H/i20-1,21-1,22-1,23-1;20-1,21-1,22-1;20-1,21-1;20-1. The lowest BCUT2D eigenvalue weighted by Gasteiger charge is -2.29. The van der Waals surface area contributed by atoms with Gasteiger partial charge in [-0.05, 0) is 149 Å². The number of phenols is 8. The van der Waals surface area contributed by atoms with Crippen LogP contribution < -0.4 is 0 Å². The van der Waals surface area contributed by atoms with E-state index in [1.54, 1.807) is 24.3 Å². The van der Waals surface area contributed by atoms with Crippen LogP contribution in [0.3, 0.4) is 0 Å². The highest BCUT2D eigenvalue weighted by molar-refractivity contribution is 7.88. The normalized spacial score (nSPS) is 18.5. The molecule has 564 valence electrons. The van der Waals surface area contributed by atoms with Crippen LogP contribution in [-0.2, 0) is 79.6 Å². The van der Waals surface area contributed by atoms with Crippen LogP contribution in [-0.4, -0.2) is 74.5 Å². The molecule has 0 saturated carbocycles. The van der Waals surface area contributed by atoms with Crippen LogP contribution in [0.2, 0.25) is 0 Å². The van der Waals surface area contributed by atoms with E-state index in [1.165, 1.54) is 115 Å². The van der Waals surface area contributed by atoms with Crippen LogP contribution >= 0.6 is 0 Å². The lowest BCUT2D eigenvalue weighted by molar-refractivity contribution is 0.177. The molecule has 0 radical (unpaired) electrons. The summed E-state index contributed by atoms with van der Waals surface area (Å²) in [5.74, 6) is -18.8. The molecule has 12 aromatic carbocycles. The summed E-state index contributed by atoms with van der Waals surface area (Å²) in [4.78, 5) is -0.770. The molecule has 4 aliphatic heterocycles. The molecule has 0 aliphatic carbocycles. The molecular formula is C76H46F10O20S4. The van der Waals surface area contributed by atoms with Crippen molar-refractivity contribution in [3.05, 3.63) is 355 Å². The van der Waals surface area contributed by atoms with Crippen molar-refractivity contribution in [2.75, 3.05) is 0 Å². The summed E-state index contributed by atoms with van der Waals surface area (Å²) < 4.78 is 263. The molecule has 0 spiro atoms. The summed E-state index contributed by atoms with van der Waals surface area (Å²) in [6.45, 7) is 0. The van der Waals surface area contributed by atoms with Crippen molar-refractivity contribution in [1.29, 1.82) is 0 Å². The number of rotatable bonds is 8. The lowest BCUT2D eigenvalue weighted by Crippen LogP contribution is -2.30. The van der Waals surface area contributed by atoms with Gasteiger partial charge >= 0.3 is 0 Å². The maximum Gasteiger partial charge on any atom is 0.298 e. The van der Waals surface area contributed by atoms with Crippen molar-refractivity contribution in [2.24, 2.45) is 0 Å². The van der Waals surface area contributed by atoms with Crippen molar-refractivity contribution in [2.45, 2.75) is 42.0 Å². The number of fused-ring (bicyclic) bond motifs is 4. The fraction of sp³-hybridized carbons (Fsp3) is 0.0526. The highest BCUT2D eigenvalue weighted by Gasteiger charge is 2.56. The number of halogens is 10. The van der Waals surface area contributed by atoms with Gasteiger partial charge in [0, 0.05) is 38.9 Å². The Labute approximate surface area is 615 Å². The predicted molar refractivity (Wildman–Crippen MR) is 363 cm³/mol. The molecule has 12 aromatic rings. The van der Waals surface area contributed by atoms with Crippen molar-refractivity contribution in [3.63, 3.8) is 0 Å². The zero-order valence-corrected chi connectivity index (χ0v) is 58.1. The second-order valence-electron chi connectivity index (χ2n) is 24.4. The zero-order chi connectivity index (χ0) is 79.3. The van der Waals surface area contributed by atoms with Crippen LogP contribution in [0, 0.1) is 58.2 Å². The average molecular weight is 1590 g/mol. The molecule has 0 aromatic heterocycles. The second kappa shape index (κ2) is 27.6. The van der Waals surface area contributed by atoms with Gasteiger partial charge in [0.25, 0.3) is 40.5 Å². The number of hydrogen-bond acceptors (Lipinski definition) is 20. The first kappa shape index (κ1) is 76.2. The van der Waals surface area contributed by atoms with E-state index in [-0.39, 0.29) is 69.8 Å². The number of hydrogen-bond donors (Lipinski definition) is 8. The van der Waals surface area contributed by atoms with E-state index in [0.717, 1.165) is 54.6 Å². The Morgan fingerprint density at radius 3 is 0.627 bits per heavy atom. The average Bonchev–Trinajstić information content (AvgIpc) is 1.56. The highest BCUT2D eigenvalue weighted by atomic mass is 32.2. The number of benzene rings is 12.